The molecule has 1 rings (SSSR count). The fourth-order valence-electron chi connectivity index (χ4n) is 1.80. The Balaban J connectivity index is 2.47. The quantitative estimate of drug-likeness (QED) is 0.765. The van der Waals surface area contributed by atoms with E-state index in [1.54, 1.807) is 0 Å². The van der Waals surface area contributed by atoms with E-state index in [0.29, 0.717) is 17.9 Å². The molecule has 0 bridgehead atoms. The molecule has 1 aliphatic rings. The summed E-state index contributed by atoms with van der Waals surface area (Å²) in [6.45, 7) is 7.39. The molecule has 0 aliphatic heterocycles. The van der Waals surface area contributed by atoms with Crippen LogP contribution in [0.4, 0.5) is 0 Å². The average molecular weight is 212 g/mol. The molecule has 1 aliphatic carbocycles. The summed E-state index contributed by atoms with van der Waals surface area (Å²) in [6, 6.07) is 0.352. The molecule has 1 amide bonds. The number of rotatable bonds is 4. The molecule has 1 N–H and O–H groups in total. The number of nitrogens with zero attached hydrogens (tertiary/aromatic N) is 1. The minimum absolute atomic E-state index is 0.187. The Bertz CT molecular complexity index is 228. The molecule has 0 spiro atoms. The first-order valence-electron chi connectivity index (χ1n) is 5.78. The van der Waals surface area contributed by atoms with Gasteiger partial charge in [0.1, 0.15) is 0 Å². The largest absolute Gasteiger partial charge is 0.344 e. The topological polar surface area (TPSA) is 32.3 Å². The van der Waals surface area contributed by atoms with Crippen molar-refractivity contribution < 1.29 is 4.79 Å². The third-order valence-corrected chi connectivity index (χ3v) is 3.15. The van der Waals surface area contributed by atoms with Crippen molar-refractivity contribution in [1.82, 2.24) is 10.2 Å². The van der Waals surface area contributed by atoms with Gasteiger partial charge in [0.15, 0.2) is 0 Å². The summed E-state index contributed by atoms with van der Waals surface area (Å²) in [5.41, 5.74) is 0.187. The summed E-state index contributed by atoms with van der Waals surface area (Å²) >= 11 is 0. The lowest BCUT2D eigenvalue weighted by Gasteiger charge is -2.33. The molecule has 0 radical (unpaired) electrons. The number of amides is 1. The normalized spacial score (nSPS) is 18.7. The minimum Gasteiger partial charge on any atom is -0.344 e. The highest BCUT2D eigenvalue weighted by molar-refractivity contribution is 5.80. The van der Waals surface area contributed by atoms with Crippen LogP contribution in [-0.2, 0) is 4.79 Å². The van der Waals surface area contributed by atoms with Gasteiger partial charge in [0.05, 0.1) is 0 Å². The maximum absolute atomic E-state index is 11.8. The highest BCUT2D eigenvalue weighted by Crippen LogP contribution is 2.31. The van der Waals surface area contributed by atoms with Gasteiger partial charge < -0.3 is 10.2 Å². The van der Waals surface area contributed by atoms with Gasteiger partial charge in [-0.3, -0.25) is 4.79 Å². The van der Waals surface area contributed by atoms with Crippen molar-refractivity contribution in [3.8, 4) is 0 Å². The molecule has 1 saturated carbocycles. The van der Waals surface area contributed by atoms with Crippen molar-refractivity contribution in [1.29, 1.82) is 0 Å². The predicted molar refractivity (Wildman–Crippen MR) is 62.7 cm³/mol. The first-order chi connectivity index (χ1) is 6.86. The summed E-state index contributed by atoms with van der Waals surface area (Å²) in [7, 11) is 3.88. The van der Waals surface area contributed by atoms with Gasteiger partial charge in [0.25, 0.3) is 0 Å². The molecule has 1 fully saturated rings. The maximum Gasteiger partial charge on any atom is 0.225 e. The third-order valence-electron chi connectivity index (χ3n) is 3.15. The molecule has 0 heterocycles. The number of hydrogen-bond acceptors (Lipinski definition) is 2. The summed E-state index contributed by atoms with van der Waals surface area (Å²) in [4.78, 5) is 13.7. The van der Waals surface area contributed by atoms with E-state index in [-0.39, 0.29) is 5.41 Å². The second-order valence-electron chi connectivity index (χ2n) is 5.70. The van der Waals surface area contributed by atoms with Crippen LogP contribution < -0.4 is 5.32 Å². The van der Waals surface area contributed by atoms with Crippen molar-refractivity contribution in [3.05, 3.63) is 0 Å². The Morgan fingerprint density at radius 1 is 1.47 bits per heavy atom. The van der Waals surface area contributed by atoms with E-state index in [0.717, 1.165) is 19.4 Å². The lowest BCUT2D eigenvalue weighted by atomic mass is 9.86. The van der Waals surface area contributed by atoms with Crippen LogP contribution in [0, 0.1) is 11.3 Å². The second-order valence-corrected chi connectivity index (χ2v) is 5.70. The smallest absolute Gasteiger partial charge is 0.225 e. The summed E-state index contributed by atoms with van der Waals surface area (Å²) in [5.74, 6) is 0.645. The zero-order valence-corrected chi connectivity index (χ0v) is 10.6. The number of likely N-dealkylation sites (N-methyl/N-ethyl adjacent to an activating group) is 2. The van der Waals surface area contributed by atoms with Gasteiger partial charge in [-0.05, 0) is 25.3 Å². The lowest BCUT2D eigenvalue weighted by Crippen LogP contribution is -2.47. The first kappa shape index (κ1) is 12.5. The lowest BCUT2D eigenvalue weighted by molar-refractivity contribution is -0.131. The number of nitrogens with one attached hydrogen (secondary N) is 1. The molecule has 0 aromatic heterocycles. The van der Waals surface area contributed by atoms with Gasteiger partial charge in [-0.25, -0.2) is 0 Å². The Morgan fingerprint density at radius 3 is 2.33 bits per heavy atom. The fourth-order valence-corrected chi connectivity index (χ4v) is 1.80. The molecule has 0 aromatic carbocycles. The Hall–Kier alpha value is -0.570. The summed E-state index contributed by atoms with van der Waals surface area (Å²) in [5, 5.41) is 3.29. The van der Waals surface area contributed by atoms with Crippen LogP contribution in [0.15, 0.2) is 0 Å². The second kappa shape index (κ2) is 4.52. The van der Waals surface area contributed by atoms with Crippen LogP contribution in [0.3, 0.4) is 0 Å². The zero-order valence-electron chi connectivity index (χ0n) is 10.6. The van der Waals surface area contributed by atoms with Gasteiger partial charge in [-0.1, -0.05) is 20.8 Å². The van der Waals surface area contributed by atoms with Crippen molar-refractivity contribution >= 4 is 5.91 Å². The molecule has 15 heavy (non-hydrogen) atoms. The molecule has 3 heteroatoms. The Labute approximate surface area is 93.2 Å². The maximum atomic E-state index is 11.8. The van der Waals surface area contributed by atoms with Crippen molar-refractivity contribution in [2.24, 2.45) is 11.3 Å². The Kier molecular flexibility index (Phi) is 3.77. The van der Waals surface area contributed by atoms with Crippen molar-refractivity contribution in [3.63, 3.8) is 0 Å². The fraction of sp³-hybridized carbons (Fsp3) is 0.917. The van der Waals surface area contributed by atoms with Crippen LogP contribution in [0.2, 0.25) is 0 Å². The van der Waals surface area contributed by atoms with E-state index >= 15 is 0 Å². The number of carbonyl (C=O) groups is 1. The highest BCUT2D eigenvalue weighted by atomic mass is 16.2. The van der Waals surface area contributed by atoms with E-state index in [1.165, 1.54) is 0 Å². The predicted octanol–water partition coefficient (Wildman–Crippen LogP) is 1.49. The summed E-state index contributed by atoms with van der Waals surface area (Å²) < 4.78 is 0. The average Bonchev–Trinajstić information content (AvgIpc) is 2.93. The molecule has 0 saturated heterocycles. The van der Waals surface area contributed by atoms with Crippen molar-refractivity contribution in [2.45, 2.75) is 39.7 Å². The Morgan fingerprint density at radius 2 is 2.00 bits per heavy atom. The van der Waals surface area contributed by atoms with Gasteiger partial charge in [0.2, 0.25) is 5.91 Å². The molecule has 3 nitrogen and oxygen atoms in total. The standard InChI is InChI=1S/C12H24N2O/c1-12(2,3)10(13-4)8-14(5)11(15)9-6-7-9/h9-10,13H,6-8H2,1-5H3/t10-/m1/s1. The van der Waals surface area contributed by atoms with E-state index in [4.69, 9.17) is 0 Å². The van der Waals surface area contributed by atoms with Crippen LogP contribution in [0.25, 0.3) is 0 Å². The first-order valence-corrected chi connectivity index (χ1v) is 5.78. The molecular formula is C12H24N2O. The third kappa shape index (κ3) is 3.49. The van der Waals surface area contributed by atoms with Crippen LogP contribution in [-0.4, -0.2) is 37.5 Å². The van der Waals surface area contributed by atoms with E-state index in [2.05, 4.69) is 26.1 Å². The van der Waals surface area contributed by atoms with Crippen molar-refractivity contribution in [2.75, 3.05) is 20.6 Å². The molecule has 0 aromatic rings. The van der Waals surface area contributed by atoms with E-state index in [1.807, 2.05) is 19.0 Å². The summed E-state index contributed by atoms with van der Waals surface area (Å²) in [6.07, 6.45) is 2.17. The van der Waals surface area contributed by atoms with Gasteiger partial charge >= 0.3 is 0 Å². The molecule has 88 valence electrons. The molecular weight excluding hydrogens is 188 g/mol. The number of carbonyl (C=O) groups excluding carboxylic acids is 1. The SMILES string of the molecule is CN[C@H](CN(C)C(=O)C1CC1)C(C)(C)C. The van der Waals surface area contributed by atoms with Crippen LogP contribution in [0.1, 0.15) is 33.6 Å². The molecule has 0 unspecified atom stereocenters. The molecule has 1 atom stereocenters. The van der Waals surface area contributed by atoms with Crippen LogP contribution >= 0.6 is 0 Å². The van der Waals surface area contributed by atoms with E-state index < -0.39 is 0 Å². The van der Waals surface area contributed by atoms with Crippen LogP contribution in [0.5, 0.6) is 0 Å². The van der Waals surface area contributed by atoms with Gasteiger partial charge in [-0.15, -0.1) is 0 Å². The van der Waals surface area contributed by atoms with E-state index in [9.17, 15) is 4.79 Å². The zero-order chi connectivity index (χ0) is 11.6. The number of hydrogen-bond donors (Lipinski definition) is 1. The van der Waals surface area contributed by atoms with Gasteiger partial charge in [-0.2, -0.15) is 0 Å². The van der Waals surface area contributed by atoms with Gasteiger partial charge in [0, 0.05) is 25.6 Å². The minimum atomic E-state index is 0.187. The monoisotopic (exact) mass is 212 g/mol. The highest BCUT2D eigenvalue weighted by Gasteiger charge is 2.34.